The highest BCUT2D eigenvalue weighted by Crippen LogP contribution is 2.20. The molecule has 98 valence electrons. The van der Waals surface area contributed by atoms with Crippen LogP contribution in [-0.2, 0) is 0 Å². The maximum Gasteiger partial charge on any atom is 0.248 e. The average Bonchev–Trinajstić information content (AvgIpc) is 2.42. The fraction of sp³-hybridized carbons (Fsp3) is 0.154. The first-order chi connectivity index (χ1) is 9.10. The molecule has 0 saturated carbocycles. The van der Waals surface area contributed by atoms with Gasteiger partial charge in [-0.05, 0) is 37.4 Å². The van der Waals surface area contributed by atoms with Crippen molar-refractivity contribution in [2.45, 2.75) is 12.1 Å². The van der Waals surface area contributed by atoms with Gasteiger partial charge in [-0.25, -0.2) is 9.97 Å². The number of thioether (sulfide) groups is 1. The molecule has 1 amide bonds. The van der Waals surface area contributed by atoms with E-state index in [-0.39, 0.29) is 0 Å². The summed E-state index contributed by atoms with van der Waals surface area (Å²) in [6.45, 7) is 1.93. The fourth-order valence-electron chi connectivity index (χ4n) is 1.51. The van der Waals surface area contributed by atoms with Gasteiger partial charge in [-0.2, -0.15) is 0 Å². The number of benzene rings is 1. The second-order valence-electron chi connectivity index (χ2n) is 3.95. The van der Waals surface area contributed by atoms with E-state index in [1.807, 2.05) is 13.2 Å². The molecule has 0 atom stereocenters. The quantitative estimate of drug-likeness (QED) is 0.660. The molecule has 0 fully saturated rings. The van der Waals surface area contributed by atoms with Gasteiger partial charge in [0.2, 0.25) is 5.91 Å². The van der Waals surface area contributed by atoms with Crippen molar-refractivity contribution >= 4 is 29.2 Å². The molecular weight excluding hydrogens is 260 g/mol. The number of anilines is 2. The summed E-state index contributed by atoms with van der Waals surface area (Å²) in [5.74, 6) is 0.320. The van der Waals surface area contributed by atoms with E-state index in [1.165, 1.54) is 11.8 Å². The van der Waals surface area contributed by atoms with Crippen LogP contribution >= 0.6 is 11.8 Å². The number of nitrogens with zero attached hydrogens (tertiary/aromatic N) is 2. The van der Waals surface area contributed by atoms with Crippen molar-refractivity contribution in [3.63, 3.8) is 0 Å². The molecule has 2 rings (SSSR count). The van der Waals surface area contributed by atoms with Gasteiger partial charge in [0.25, 0.3) is 0 Å². The molecule has 2 aromatic rings. The number of amides is 1. The van der Waals surface area contributed by atoms with Crippen molar-refractivity contribution in [3.05, 3.63) is 41.6 Å². The number of primary amides is 1. The molecule has 6 heteroatoms. The molecule has 0 aliphatic rings. The van der Waals surface area contributed by atoms with Crippen molar-refractivity contribution in [2.75, 3.05) is 11.6 Å². The number of hydrogen-bond acceptors (Lipinski definition) is 5. The minimum atomic E-state index is -0.436. The van der Waals surface area contributed by atoms with E-state index in [0.717, 1.165) is 17.1 Å². The summed E-state index contributed by atoms with van der Waals surface area (Å²) in [4.78, 5) is 19.6. The van der Waals surface area contributed by atoms with E-state index < -0.39 is 5.91 Å². The summed E-state index contributed by atoms with van der Waals surface area (Å²) in [7, 11) is 0. The predicted octanol–water partition coefficient (Wildman–Crippen LogP) is 2.35. The lowest BCUT2D eigenvalue weighted by atomic mass is 10.2. The molecule has 0 saturated heterocycles. The van der Waals surface area contributed by atoms with Crippen molar-refractivity contribution in [1.82, 2.24) is 9.97 Å². The summed E-state index contributed by atoms with van der Waals surface area (Å²) in [6, 6.07) is 6.94. The summed E-state index contributed by atoms with van der Waals surface area (Å²) in [6.07, 6.45) is 3.70. The molecule has 5 nitrogen and oxygen atoms in total. The lowest BCUT2D eigenvalue weighted by Crippen LogP contribution is -2.10. The summed E-state index contributed by atoms with van der Waals surface area (Å²) >= 11 is 1.49. The number of carbonyl (C=O) groups excluding carboxylic acids is 1. The van der Waals surface area contributed by atoms with Crippen LogP contribution in [0.1, 0.15) is 15.9 Å². The Bertz CT molecular complexity index is 598. The normalized spacial score (nSPS) is 10.2. The highest BCUT2D eigenvalue weighted by Gasteiger charge is 2.05. The number of rotatable bonds is 4. The molecule has 0 bridgehead atoms. The zero-order valence-electron chi connectivity index (χ0n) is 10.7. The first kappa shape index (κ1) is 13.4. The van der Waals surface area contributed by atoms with Gasteiger partial charge in [-0.1, -0.05) is 11.8 Å². The van der Waals surface area contributed by atoms with E-state index >= 15 is 0 Å². The molecule has 1 aromatic carbocycles. The molecule has 0 radical (unpaired) electrons. The Morgan fingerprint density at radius 2 is 2.00 bits per heavy atom. The Balaban J connectivity index is 2.23. The topological polar surface area (TPSA) is 80.9 Å². The molecule has 1 heterocycles. The van der Waals surface area contributed by atoms with Gasteiger partial charge >= 0.3 is 0 Å². The first-order valence-corrected chi connectivity index (χ1v) is 6.87. The lowest BCUT2D eigenvalue weighted by Gasteiger charge is -2.09. The molecule has 0 unspecified atom stereocenters. The zero-order valence-corrected chi connectivity index (χ0v) is 11.5. The Labute approximate surface area is 115 Å². The minimum Gasteiger partial charge on any atom is -0.366 e. The van der Waals surface area contributed by atoms with Gasteiger partial charge in [-0.3, -0.25) is 4.79 Å². The van der Waals surface area contributed by atoms with Crippen molar-refractivity contribution in [1.29, 1.82) is 0 Å². The molecule has 19 heavy (non-hydrogen) atoms. The van der Waals surface area contributed by atoms with Crippen LogP contribution in [0.2, 0.25) is 0 Å². The number of nitrogens with two attached hydrogens (primary N) is 1. The smallest absolute Gasteiger partial charge is 0.248 e. The van der Waals surface area contributed by atoms with E-state index in [4.69, 9.17) is 5.73 Å². The van der Waals surface area contributed by atoms with Gasteiger partial charge in [0.05, 0.1) is 0 Å². The maximum atomic E-state index is 11.0. The summed E-state index contributed by atoms with van der Waals surface area (Å²) in [5.41, 5.74) is 7.48. The molecular formula is C13H14N4OS. The van der Waals surface area contributed by atoms with E-state index in [1.54, 1.807) is 30.5 Å². The molecule has 0 aliphatic heterocycles. The third-order valence-corrected chi connectivity index (χ3v) is 3.13. The van der Waals surface area contributed by atoms with Gasteiger partial charge in [0, 0.05) is 23.0 Å². The van der Waals surface area contributed by atoms with Gasteiger partial charge in [0.15, 0.2) is 5.16 Å². The molecule has 0 aliphatic carbocycles. The lowest BCUT2D eigenvalue weighted by molar-refractivity contribution is 0.100. The van der Waals surface area contributed by atoms with Crippen molar-refractivity contribution in [2.24, 2.45) is 5.73 Å². The Hall–Kier alpha value is -2.08. The van der Waals surface area contributed by atoms with Gasteiger partial charge in [0.1, 0.15) is 5.82 Å². The Morgan fingerprint density at radius 1 is 1.32 bits per heavy atom. The first-order valence-electron chi connectivity index (χ1n) is 5.64. The third-order valence-electron chi connectivity index (χ3n) is 2.56. The highest BCUT2D eigenvalue weighted by molar-refractivity contribution is 7.98. The number of nitrogens with one attached hydrogen (secondary N) is 1. The van der Waals surface area contributed by atoms with Crippen molar-refractivity contribution in [3.8, 4) is 0 Å². The molecule has 1 aromatic heterocycles. The number of carbonyl (C=O) groups is 1. The second kappa shape index (κ2) is 5.71. The zero-order chi connectivity index (χ0) is 13.8. The van der Waals surface area contributed by atoms with Crippen LogP contribution in [0.25, 0.3) is 0 Å². The van der Waals surface area contributed by atoms with Gasteiger partial charge in [-0.15, -0.1) is 0 Å². The second-order valence-corrected chi connectivity index (χ2v) is 4.73. The van der Waals surface area contributed by atoms with Crippen LogP contribution in [0.4, 0.5) is 11.5 Å². The largest absolute Gasteiger partial charge is 0.366 e. The van der Waals surface area contributed by atoms with Crippen LogP contribution < -0.4 is 11.1 Å². The molecule has 0 spiro atoms. The number of aryl methyl sites for hydroxylation is 1. The summed E-state index contributed by atoms with van der Waals surface area (Å²) in [5, 5.41) is 3.91. The average molecular weight is 274 g/mol. The molecule has 3 N–H and O–H groups in total. The fourth-order valence-corrected chi connectivity index (χ4v) is 1.85. The maximum absolute atomic E-state index is 11.0. The monoisotopic (exact) mass is 274 g/mol. The van der Waals surface area contributed by atoms with Crippen LogP contribution in [0.3, 0.4) is 0 Å². The predicted molar refractivity (Wildman–Crippen MR) is 76.8 cm³/mol. The van der Waals surface area contributed by atoms with Crippen LogP contribution in [0.15, 0.2) is 35.6 Å². The van der Waals surface area contributed by atoms with E-state index in [9.17, 15) is 4.79 Å². The third kappa shape index (κ3) is 3.23. The SMILES string of the molecule is CSc1ncc(C)c(Nc2ccc(C(N)=O)cc2)n1. The number of hydrogen-bond donors (Lipinski definition) is 2. The van der Waals surface area contributed by atoms with Crippen molar-refractivity contribution < 1.29 is 4.79 Å². The van der Waals surface area contributed by atoms with Crippen LogP contribution in [-0.4, -0.2) is 22.1 Å². The highest BCUT2D eigenvalue weighted by atomic mass is 32.2. The Morgan fingerprint density at radius 3 is 2.58 bits per heavy atom. The van der Waals surface area contributed by atoms with Gasteiger partial charge < -0.3 is 11.1 Å². The standard InChI is InChI=1S/C13H14N4OS/c1-8-7-15-13(19-2)17-12(8)16-10-5-3-9(4-6-10)11(14)18/h3-7H,1-2H3,(H2,14,18)(H,15,16,17). The van der Waals surface area contributed by atoms with E-state index in [0.29, 0.717) is 10.7 Å². The number of aromatic nitrogens is 2. The van der Waals surface area contributed by atoms with Crippen LogP contribution in [0, 0.1) is 6.92 Å². The van der Waals surface area contributed by atoms with Crippen LogP contribution in [0.5, 0.6) is 0 Å². The minimum absolute atomic E-state index is 0.436. The Kier molecular flexibility index (Phi) is 4.01. The summed E-state index contributed by atoms with van der Waals surface area (Å²) < 4.78 is 0. The van der Waals surface area contributed by atoms with E-state index in [2.05, 4.69) is 15.3 Å².